The first-order valence-electron chi connectivity index (χ1n) is 3.88. The fraction of sp³-hybridized carbons (Fsp3) is 0.857. The Morgan fingerprint density at radius 2 is 2.08 bits per heavy atom. The molecule has 0 rings (SSSR count). The lowest BCUT2D eigenvalue weighted by atomic mass is 10.3. The summed E-state index contributed by atoms with van der Waals surface area (Å²) in [6, 6.07) is 1.83. The largest absolute Gasteiger partial charge is 0.224 e. The van der Waals surface area contributed by atoms with Gasteiger partial charge in [-0.15, -0.1) is 0 Å². The monoisotopic (exact) mass is 268 g/mol. The number of sulfonamides is 1. The van der Waals surface area contributed by atoms with Crippen molar-refractivity contribution in [1.29, 1.82) is 5.26 Å². The van der Waals surface area contributed by atoms with Gasteiger partial charge in [-0.05, 0) is 13.8 Å². The van der Waals surface area contributed by atoms with E-state index in [-0.39, 0.29) is 23.7 Å². The quantitative estimate of drug-likeness (QED) is 0.706. The molecule has 0 aromatic rings. The summed E-state index contributed by atoms with van der Waals surface area (Å²) in [5, 5.41) is 8.35. The molecule has 4 nitrogen and oxygen atoms in total. The fourth-order valence-electron chi connectivity index (χ4n) is 0.941. The summed E-state index contributed by atoms with van der Waals surface area (Å²) in [6.07, 6.45) is 0.227. The van der Waals surface area contributed by atoms with E-state index in [1.165, 1.54) is 4.31 Å². The molecule has 0 bridgehead atoms. The SMILES string of the molecule is CC(C)N(CCC#N)S(=O)(=O)CBr. The van der Waals surface area contributed by atoms with Crippen LogP contribution in [0.4, 0.5) is 0 Å². The molecular weight excluding hydrogens is 256 g/mol. The van der Waals surface area contributed by atoms with Crippen LogP contribution in [0.5, 0.6) is 0 Å². The van der Waals surface area contributed by atoms with Crippen molar-refractivity contribution in [2.24, 2.45) is 0 Å². The zero-order valence-electron chi connectivity index (χ0n) is 7.70. The number of nitriles is 1. The second kappa shape index (κ2) is 5.58. The lowest BCUT2D eigenvalue weighted by molar-refractivity contribution is 0.363. The third kappa shape index (κ3) is 4.07. The zero-order valence-corrected chi connectivity index (χ0v) is 10.1. The third-order valence-electron chi connectivity index (χ3n) is 1.52. The summed E-state index contributed by atoms with van der Waals surface area (Å²) in [6.45, 7) is 3.84. The Bertz CT molecular complexity index is 281. The van der Waals surface area contributed by atoms with Gasteiger partial charge >= 0.3 is 0 Å². The summed E-state index contributed by atoms with van der Waals surface area (Å²) in [4.78, 5) is 0. The van der Waals surface area contributed by atoms with Gasteiger partial charge in [0.05, 0.1) is 6.07 Å². The average molecular weight is 269 g/mol. The molecular formula is C7H13BrN2O2S. The Labute approximate surface area is 87.7 Å². The third-order valence-corrected chi connectivity index (χ3v) is 4.85. The van der Waals surface area contributed by atoms with Crippen molar-refractivity contribution in [3.8, 4) is 6.07 Å². The van der Waals surface area contributed by atoms with Gasteiger partial charge in [0.2, 0.25) is 10.0 Å². The minimum Gasteiger partial charge on any atom is -0.211 e. The summed E-state index contributed by atoms with van der Waals surface area (Å²) < 4.78 is 24.1. The normalized spacial score (nSPS) is 12.0. The maximum Gasteiger partial charge on any atom is 0.224 e. The number of alkyl halides is 1. The van der Waals surface area contributed by atoms with E-state index in [1.807, 2.05) is 6.07 Å². The molecule has 0 atom stereocenters. The van der Waals surface area contributed by atoms with Crippen LogP contribution in [0.1, 0.15) is 20.3 Å². The zero-order chi connectivity index (χ0) is 10.5. The Hall–Kier alpha value is -0.120. The van der Waals surface area contributed by atoms with Gasteiger partial charge in [0, 0.05) is 19.0 Å². The van der Waals surface area contributed by atoms with E-state index < -0.39 is 10.0 Å². The average Bonchev–Trinajstić information content (AvgIpc) is 2.04. The smallest absolute Gasteiger partial charge is 0.211 e. The van der Waals surface area contributed by atoms with E-state index in [9.17, 15) is 8.42 Å². The van der Waals surface area contributed by atoms with Crippen LogP contribution in [-0.4, -0.2) is 30.0 Å². The minimum atomic E-state index is -3.23. The number of hydrogen-bond acceptors (Lipinski definition) is 3. The van der Waals surface area contributed by atoms with Gasteiger partial charge in [0.25, 0.3) is 0 Å². The van der Waals surface area contributed by atoms with E-state index in [0.717, 1.165) is 0 Å². The van der Waals surface area contributed by atoms with E-state index in [2.05, 4.69) is 15.9 Å². The highest BCUT2D eigenvalue weighted by Gasteiger charge is 2.22. The highest BCUT2D eigenvalue weighted by Crippen LogP contribution is 2.10. The number of hydrogen-bond donors (Lipinski definition) is 0. The molecule has 6 heteroatoms. The standard InChI is InChI=1S/C7H13BrN2O2S/c1-7(2)10(5-3-4-9)13(11,12)6-8/h7H,3,5-6H2,1-2H3. The van der Waals surface area contributed by atoms with E-state index in [0.29, 0.717) is 0 Å². The molecule has 0 spiro atoms. The van der Waals surface area contributed by atoms with Gasteiger partial charge in [-0.25, -0.2) is 8.42 Å². The van der Waals surface area contributed by atoms with Crippen LogP contribution in [0.2, 0.25) is 0 Å². The Balaban J connectivity index is 4.54. The molecule has 0 radical (unpaired) electrons. The second-order valence-corrected chi connectivity index (χ2v) is 6.06. The number of rotatable bonds is 5. The van der Waals surface area contributed by atoms with Gasteiger partial charge in [-0.2, -0.15) is 9.57 Å². The molecule has 0 aromatic carbocycles. The van der Waals surface area contributed by atoms with E-state index in [4.69, 9.17) is 5.26 Å². The van der Waals surface area contributed by atoms with Crippen LogP contribution in [-0.2, 0) is 10.0 Å². The summed E-state index contributed by atoms with van der Waals surface area (Å²) >= 11 is 2.92. The van der Waals surface area contributed by atoms with Crippen LogP contribution in [0.15, 0.2) is 0 Å². The van der Waals surface area contributed by atoms with Crippen LogP contribution < -0.4 is 0 Å². The molecule has 13 heavy (non-hydrogen) atoms. The van der Waals surface area contributed by atoms with Gasteiger partial charge in [-0.3, -0.25) is 0 Å². The van der Waals surface area contributed by atoms with Crippen molar-refractivity contribution in [3.63, 3.8) is 0 Å². The van der Waals surface area contributed by atoms with E-state index in [1.54, 1.807) is 13.8 Å². The van der Waals surface area contributed by atoms with Gasteiger partial charge < -0.3 is 0 Å². The molecule has 76 valence electrons. The molecule has 0 fully saturated rings. The van der Waals surface area contributed by atoms with Crippen LogP contribution in [0.25, 0.3) is 0 Å². The summed E-state index contributed by atoms with van der Waals surface area (Å²) in [5.41, 5.74) is 0. The van der Waals surface area contributed by atoms with Crippen LogP contribution in [0.3, 0.4) is 0 Å². The second-order valence-electron chi connectivity index (χ2n) is 2.83. The molecule has 0 amide bonds. The molecule has 0 heterocycles. The summed E-state index contributed by atoms with van der Waals surface area (Å²) in [5.74, 6) is 0. The summed E-state index contributed by atoms with van der Waals surface area (Å²) in [7, 11) is -3.23. The first-order valence-corrected chi connectivity index (χ1v) is 6.61. The highest BCUT2D eigenvalue weighted by molar-refractivity contribution is 9.10. The van der Waals surface area contributed by atoms with Crippen molar-refractivity contribution in [3.05, 3.63) is 0 Å². The van der Waals surface area contributed by atoms with Gasteiger partial charge in [-0.1, -0.05) is 15.9 Å². The van der Waals surface area contributed by atoms with Crippen LogP contribution >= 0.6 is 15.9 Å². The predicted molar refractivity (Wildman–Crippen MR) is 54.8 cm³/mol. The maximum atomic E-state index is 11.4. The molecule has 0 aliphatic heterocycles. The Morgan fingerprint density at radius 1 is 1.54 bits per heavy atom. The van der Waals surface area contributed by atoms with Gasteiger partial charge in [0.15, 0.2) is 0 Å². The highest BCUT2D eigenvalue weighted by atomic mass is 79.9. The van der Waals surface area contributed by atoms with Crippen LogP contribution in [0, 0.1) is 11.3 Å². The number of nitrogens with zero attached hydrogens (tertiary/aromatic N) is 2. The molecule has 0 saturated carbocycles. The van der Waals surface area contributed by atoms with Crippen molar-refractivity contribution >= 4 is 26.0 Å². The molecule has 0 saturated heterocycles. The van der Waals surface area contributed by atoms with Crippen molar-refractivity contribution in [1.82, 2.24) is 4.31 Å². The first-order chi connectivity index (χ1) is 5.95. The van der Waals surface area contributed by atoms with Crippen molar-refractivity contribution < 1.29 is 8.42 Å². The Morgan fingerprint density at radius 3 is 2.38 bits per heavy atom. The molecule has 0 aromatic heterocycles. The van der Waals surface area contributed by atoms with Crippen molar-refractivity contribution in [2.45, 2.75) is 26.3 Å². The number of halogens is 1. The fourth-order valence-corrected chi connectivity index (χ4v) is 2.87. The molecule has 0 unspecified atom stereocenters. The molecule has 0 aliphatic carbocycles. The van der Waals surface area contributed by atoms with Gasteiger partial charge in [0.1, 0.15) is 4.66 Å². The van der Waals surface area contributed by atoms with Crippen molar-refractivity contribution in [2.75, 3.05) is 11.2 Å². The lowest BCUT2D eigenvalue weighted by Gasteiger charge is -2.23. The first kappa shape index (κ1) is 12.9. The predicted octanol–water partition coefficient (Wildman–Crippen LogP) is 1.29. The molecule has 0 aliphatic rings. The lowest BCUT2D eigenvalue weighted by Crippen LogP contribution is -2.38. The van der Waals surface area contributed by atoms with E-state index >= 15 is 0 Å². The Kier molecular flexibility index (Phi) is 5.53. The molecule has 0 N–H and O–H groups in total. The topological polar surface area (TPSA) is 61.2 Å². The maximum absolute atomic E-state index is 11.4. The minimum absolute atomic E-state index is 0.0936.